The van der Waals surface area contributed by atoms with E-state index in [1.165, 1.54) is 0 Å². The summed E-state index contributed by atoms with van der Waals surface area (Å²) in [5.41, 5.74) is 3.72. The van der Waals surface area contributed by atoms with Crippen LogP contribution < -0.4 is 10.6 Å². The van der Waals surface area contributed by atoms with Crippen LogP contribution in [0, 0.1) is 11.3 Å². The van der Waals surface area contributed by atoms with E-state index in [1.807, 2.05) is 24.3 Å². The van der Waals surface area contributed by atoms with E-state index in [0.717, 1.165) is 35.1 Å². The molecule has 1 unspecified atom stereocenters. The molecule has 5 rings (SSSR count). The van der Waals surface area contributed by atoms with Gasteiger partial charge in [0, 0.05) is 12.5 Å². The van der Waals surface area contributed by atoms with Gasteiger partial charge in [0.25, 0.3) is 0 Å². The highest BCUT2D eigenvalue weighted by molar-refractivity contribution is 5.87. The van der Waals surface area contributed by atoms with Crippen LogP contribution in [-0.4, -0.2) is 42.3 Å². The summed E-state index contributed by atoms with van der Waals surface area (Å²) in [6, 6.07) is 15.5. The summed E-state index contributed by atoms with van der Waals surface area (Å²) in [5, 5.41) is 14.7. The SMILES string of the molecule is O=C(NC(C(=O)NCC1(C(=O)O)CC1)C1CC1)OCC1c2ccccc2-c2ccccc21. The second kappa shape index (κ2) is 7.97. The zero-order valence-corrected chi connectivity index (χ0v) is 17.7. The maximum atomic E-state index is 12.7. The Morgan fingerprint density at radius 2 is 1.59 bits per heavy atom. The van der Waals surface area contributed by atoms with Gasteiger partial charge in [-0.3, -0.25) is 9.59 Å². The Labute approximate surface area is 186 Å². The standard InChI is InChI=1S/C25H26N2O5/c28-22(26-14-25(11-12-25)23(29)30)21(15-9-10-15)27-24(31)32-13-20-18-7-3-1-5-16(18)17-6-2-4-8-19(17)20/h1-8,15,20-21H,9-14H2,(H,26,28)(H,27,31)(H,29,30). The molecule has 0 aliphatic heterocycles. The van der Waals surface area contributed by atoms with E-state index >= 15 is 0 Å². The van der Waals surface area contributed by atoms with Gasteiger partial charge in [-0.05, 0) is 53.9 Å². The van der Waals surface area contributed by atoms with Crippen molar-refractivity contribution in [2.45, 2.75) is 37.6 Å². The quantitative estimate of drug-likeness (QED) is 0.591. The highest BCUT2D eigenvalue weighted by atomic mass is 16.5. The molecule has 32 heavy (non-hydrogen) atoms. The minimum absolute atomic E-state index is 0.0494. The number of carbonyl (C=O) groups is 3. The number of carbonyl (C=O) groups excluding carboxylic acids is 2. The number of fused-ring (bicyclic) bond motifs is 3. The van der Waals surface area contributed by atoms with Crippen molar-refractivity contribution in [3.63, 3.8) is 0 Å². The number of ether oxygens (including phenoxy) is 1. The largest absolute Gasteiger partial charge is 0.481 e. The highest BCUT2D eigenvalue weighted by Crippen LogP contribution is 2.46. The number of alkyl carbamates (subject to hydrolysis) is 1. The minimum atomic E-state index is -0.884. The predicted molar refractivity (Wildman–Crippen MR) is 117 cm³/mol. The molecule has 2 aromatic rings. The van der Waals surface area contributed by atoms with Gasteiger partial charge in [-0.25, -0.2) is 4.79 Å². The molecule has 166 valence electrons. The average Bonchev–Trinajstić information content (AvgIpc) is 3.72. The molecule has 3 aliphatic rings. The van der Waals surface area contributed by atoms with Gasteiger partial charge in [0.05, 0.1) is 5.41 Å². The van der Waals surface area contributed by atoms with Crippen LogP contribution in [0.2, 0.25) is 0 Å². The number of nitrogens with one attached hydrogen (secondary N) is 2. The topological polar surface area (TPSA) is 105 Å². The van der Waals surface area contributed by atoms with E-state index in [9.17, 15) is 19.5 Å². The third kappa shape index (κ3) is 3.83. The van der Waals surface area contributed by atoms with Crippen molar-refractivity contribution < 1.29 is 24.2 Å². The summed E-state index contributed by atoms with van der Waals surface area (Å²) in [4.78, 5) is 36.6. The zero-order chi connectivity index (χ0) is 22.3. The third-order valence-corrected chi connectivity index (χ3v) is 6.90. The molecule has 3 aliphatic carbocycles. The normalized spacial score (nSPS) is 18.8. The number of amides is 2. The van der Waals surface area contributed by atoms with E-state index in [-0.39, 0.29) is 30.9 Å². The maximum Gasteiger partial charge on any atom is 0.407 e. The van der Waals surface area contributed by atoms with Crippen LogP contribution in [0.3, 0.4) is 0 Å². The molecule has 0 heterocycles. The molecule has 0 bridgehead atoms. The Bertz CT molecular complexity index is 1030. The number of hydrogen-bond acceptors (Lipinski definition) is 4. The van der Waals surface area contributed by atoms with Crippen molar-refractivity contribution in [3.8, 4) is 11.1 Å². The number of hydrogen-bond donors (Lipinski definition) is 3. The Morgan fingerprint density at radius 3 is 2.12 bits per heavy atom. The summed E-state index contributed by atoms with van der Waals surface area (Å²) in [6.45, 7) is 0.276. The molecule has 2 amide bonds. The number of carboxylic acid groups (broad SMARTS) is 1. The number of benzene rings is 2. The van der Waals surface area contributed by atoms with Gasteiger partial charge >= 0.3 is 12.1 Å². The van der Waals surface area contributed by atoms with E-state index in [1.54, 1.807) is 0 Å². The fourth-order valence-corrected chi connectivity index (χ4v) is 4.58. The summed E-state index contributed by atoms with van der Waals surface area (Å²) < 4.78 is 5.57. The maximum absolute atomic E-state index is 12.7. The first-order valence-electron chi connectivity index (χ1n) is 11.1. The number of aliphatic carboxylic acids is 1. The Morgan fingerprint density at radius 1 is 1.00 bits per heavy atom. The Kier molecular flexibility index (Phi) is 5.12. The van der Waals surface area contributed by atoms with Crippen LogP contribution in [0.1, 0.15) is 42.7 Å². The van der Waals surface area contributed by atoms with Gasteiger partial charge in [0.15, 0.2) is 0 Å². The summed E-state index contributed by atoms with van der Waals surface area (Å²) >= 11 is 0. The van der Waals surface area contributed by atoms with Crippen molar-refractivity contribution in [1.29, 1.82) is 0 Å². The third-order valence-electron chi connectivity index (χ3n) is 6.90. The van der Waals surface area contributed by atoms with Gasteiger partial charge in [-0.2, -0.15) is 0 Å². The molecule has 1 atom stereocenters. The highest BCUT2D eigenvalue weighted by Gasteiger charge is 2.51. The van der Waals surface area contributed by atoms with Crippen molar-refractivity contribution >= 4 is 18.0 Å². The molecular weight excluding hydrogens is 408 g/mol. The first kappa shape index (κ1) is 20.5. The van der Waals surface area contributed by atoms with Crippen LogP contribution in [0.5, 0.6) is 0 Å². The average molecular weight is 434 g/mol. The first-order chi connectivity index (χ1) is 15.5. The van der Waals surface area contributed by atoms with Crippen molar-refractivity contribution in [3.05, 3.63) is 59.7 Å². The molecule has 0 spiro atoms. The van der Waals surface area contributed by atoms with E-state index in [0.29, 0.717) is 12.8 Å². The fourth-order valence-electron chi connectivity index (χ4n) is 4.58. The van der Waals surface area contributed by atoms with Crippen LogP contribution in [-0.2, 0) is 14.3 Å². The van der Waals surface area contributed by atoms with E-state index in [4.69, 9.17) is 4.74 Å². The molecule has 0 radical (unpaired) electrons. The van der Waals surface area contributed by atoms with E-state index in [2.05, 4.69) is 34.9 Å². The Hall–Kier alpha value is -3.35. The lowest BCUT2D eigenvalue weighted by molar-refractivity contribution is -0.143. The van der Waals surface area contributed by atoms with Crippen molar-refractivity contribution in [2.75, 3.05) is 13.2 Å². The van der Waals surface area contributed by atoms with Crippen LogP contribution in [0.25, 0.3) is 11.1 Å². The smallest absolute Gasteiger partial charge is 0.407 e. The summed E-state index contributed by atoms with van der Waals surface area (Å²) in [6.07, 6.45) is 2.21. The second-order valence-corrected chi connectivity index (χ2v) is 9.09. The first-order valence-corrected chi connectivity index (χ1v) is 11.1. The molecule has 0 saturated heterocycles. The van der Waals surface area contributed by atoms with Gasteiger partial charge in [-0.15, -0.1) is 0 Å². The van der Waals surface area contributed by atoms with Gasteiger partial charge in [0.1, 0.15) is 12.6 Å². The molecular formula is C25H26N2O5. The van der Waals surface area contributed by atoms with Crippen LogP contribution >= 0.6 is 0 Å². The van der Waals surface area contributed by atoms with Gasteiger partial charge in [-0.1, -0.05) is 48.5 Å². The molecule has 2 saturated carbocycles. The van der Waals surface area contributed by atoms with Crippen molar-refractivity contribution in [2.24, 2.45) is 11.3 Å². The molecule has 2 aromatic carbocycles. The number of rotatable bonds is 8. The number of carboxylic acids is 1. The lowest BCUT2D eigenvalue weighted by Gasteiger charge is -2.20. The summed E-state index contributed by atoms with van der Waals surface area (Å²) in [7, 11) is 0. The van der Waals surface area contributed by atoms with E-state index < -0.39 is 23.5 Å². The monoisotopic (exact) mass is 434 g/mol. The molecule has 7 heteroatoms. The molecule has 3 N–H and O–H groups in total. The predicted octanol–water partition coefficient (Wildman–Crippen LogP) is 3.28. The van der Waals surface area contributed by atoms with Crippen molar-refractivity contribution in [1.82, 2.24) is 10.6 Å². The fraction of sp³-hybridized carbons (Fsp3) is 0.400. The summed E-state index contributed by atoms with van der Waals surface area (Å²) in [5.74, 6) is -1.21. The minimum Gasteiger partial charge on any atom is -0.481 e. The molecule has 0 aromatic heterocycles. The van der Waals surface area contributed by atoms with Crippen LogP contribution in [0.15, 0.2) is 48.5 Å². The molecule has 2 fully saturated rings. The molecule has 7 nitrogen and oxygen atoms in total. The Balaban J connectivity index is 1.21. The lowest BCUT2D eigenvalue weighted by atomic mass is 9.98. The van der Waals surface area contributed by atoms with Crippen LogP contribution in [0.4, 0.5) is 4.79 Å². The van der Waals surface area contributed by atoms with Gasteiger partial charge < -0.3 is 20.5 Å². The zero-order valence-electron chi connectivity index (χ0n) is 17.7. The van der Waals surface area contributed by atoms with Gasteiger partial charge in [0.2, 0.25) is 5.91 Å². The lowest BCUT2D eigenvalue weighted by Crippen LogP contribution is -2.50. The second-order valence-electron chi connectivity index (χ2n) is 9.09.